The third kappa shape index (κ3) is 7.38. The Labute approximate surface area is 188 Å². The smallest absolute Gasteiger partial charge is 0.471 e. The molecule has 32 heavy (non-hydrogen) atoms. The lowest BCUT2D eigenvalue weighted by Crippen LogP contribution is -2.45. The first-order valence-corrected chi connectivity index (χ1v) is 10.8. The predicted octanol–water partition coefficient (Wildman–Crippen LogP) is 3.67. The van der Waals surface area contributed by atoms with E-state index in [1.54, 1.807) is 6.08 Å². The number of ether oxygens (including phenoxy) is 1. The summed E-state index contributed by atoms with van der Waals surface area (Å²) >= 11 is 1.50. The summed E-state index contributed by atoms with van der Waals surface area (Å²) in [6.45, 7) is 1.50. The quantitative estimate of drug-likeness (QED) is 0.520. The van der Waals surface area contributed by atoms with Gasteiger partial charge in [-0.15, -0.1) is 11.3 Å². The summed E-state index contributed by atoms with van der Waals surface area (Å²) in [7, 11) is 1.43. The topological polar surface area (TPSA) is 84.7 Å². The SMILES string of the molecule is CC[C@@H](/C=C/CN(C(=O)C(F)(F)F)c1ccc(OC)cc1)NC(=O)[C@@H](N)Cc1cccs1. The van der Waals surface area contributed by atoms with Crippen LogP contribution < -0.4 is 20.7 Å². The molecule has 0 aliphatic rings. The van der Waals surface area contributed by atoms with Crippen LogP contribution in [0.25, 0.3) is 0 Å². The van der Waals surface area contributed by atoms with Crippen LogP contribution in [0, 0.1) is 0 Å². The van der Waals surface area contributed by atoms with Gasteiger partial charge in [0.05, 0.1) is 13.2 Å². The molecule has 1 aromatic heterocycles. The van der Waals surface area contributed by atoms with Gasteiger partial charge in [0.1, 0.15) is 5.75 Å². The summed E-state index contributed by atoms with van der Waals surface area (Å²) < 4.78 is 44.3. The molecule has 6 nitrogen and oxygen atoms in total. The fraction of sp³-hybridized carbons (Fsp3) is 0.364. The number of carbonyl (C=O) groups is 2. The Kier molecular flexibility index (Phi) is 9.27. The van der Waals surface area contributed by atoms with E-state index in [0.29, 0.717) is 23.5 Å². The standard InChI is InChI=1S/C22H26F3N3O3S/c1-3-15(27-20(29)19(26)14-18-7-5-13-32-18)6-4-12-28(21(30)22(23,24)25)16-8-10-17(31-2)11-9-16/h4-11,13,15,19H,3,12,14,26H2,1-2H3,(H,27,29)/b6-4+/t15-,19-/m0/s1. The number of hydrogen-bond acceptors (Lipinski definition) is 5. The van der Waals surface area contributed by atoms with Crippen LogP contribution in [0.2, 0.25) is 0 Å². The third-order valence-electron chi connectivity index (χ3n) is 4.63. The number of halogens is 3. The largest absolute Gasteiger partial charge is 0.497 e. The lowest BCUT2D eigenvalue weighted by Gasteiger charge is -2.23. The number of carbonyl (C=O) groups excluding carboxylic acids is 2. The first-order chi connectivity index (χ1) is 15.2. The Morgan fingerprint density at radius 2 is 1.94 bits per heavy atom. The number of anilines is 1. The number of amides is 2. The van der Waals surface area contributed by atoms with Gasteiger partial charge in [-0.05, 0) is 42.1 Å². The first kappa shape index (κ1) is 25.4. The molecule has 3 N–H and O–H groups in total. The maximum atomic E-state index is 13.1. The second kappa shape index (κ2) is 11.7. The summed E-state index contributed by atoms with van der Waals surface area (Å²) in [5.41, 5.74) is 6.03. The Morgan fingerprint density at radius 3 is 2.47 bits per heavy atom. The van der Waals surface area contributed by atoms with Crippen LogP contribution in [-0.2, 0) is 16.0 Å². The van der Waals surface area contributed by atoms with Gasteiger partial charge in [-0.1, -0.05) is 25.1 Å². The maximum Gasteiger partial charge on any atom is 0.471 e. The van der Waals surface area contributed by atoms with Gasteiger partial charge in [-0.3, -0.25) is 9.59 Å². The second-order valence-electron chi connectivity index (χ2n) is 6.95. The molecule has 2 aromatic rings. The highest BCUT2D eigenvalue weighted by Crippen LogP contribution is 2.25. The number of nitrogens with one attached hydrogen (secondary N) is 1. The van der Waals surface area contributed by atoms with Crippen LogP contribution in [-0.4, -0.2) is 43.7 Å². The van der Waals surface area contributed by atoms with Gasteiger partial charge in [0.2, 0.25) is 5.91 Å². The summed E-state index contributed by atoms with van der Waals surface area (Å²) in [4.78, 5) is 25.9. The van der Waals surface area contributed by atoms with Crippen molar-refractivity contribution in [3.63, 3.8) is 0 Å². The van der Waals surface area contributed by atoms with Gasteiger partial charge in [0.25, 0.3) is 0 Å². The normalized spacial score (nSPS) is 13.6. The van der Waals surface area contributed by atoms with Crippen molar-refractivity contribution < 1.29 is 27.5 Å². The zero-order valence-corrected chi connectivity index (χ0v) is 18.6. The number of rotatable bonds is 10. The Hall–Kier alpha value is -2.85. The molecule has 2 amide bonds. The zero-order chi connectivity index (χ0) is 23.7. The lowest BCUT2D eigenvalue weighted by molar-refractivity contribution is -0.170. The monoisotopic (exact) mass is 469 g/mol. The van der Waals surface area contributed by atoms with Crippen molar-refractivity contribution in [2.24, 2.45) is 5.73 Å². The average Bonchev–Trinajstić information content (AvgIpc) is 3.27. The number of benzene rings is 1. The molecule has 0 radical (unpaired) electrons. The molecule has 0 saturated carbocycles. The molecule has 0 bridgehead atoms. The minimum Gasteiger partial charge on any atom is -0.497 e. The minimum absolute atomic E-state index is 0.0767. The third-order valence-corrected chi connectivity index (χ3v) is 5.53. The average molecular weight is 470 g/mol. The van der Waals surface area contributed by atoms with Gasteiger partial charge in [-0.25, -0.2) is 0 Å². The summed E-state index contributed by atoms with van der Waals surface area (Å²) in [5.74, 6) is -1.88. The molecular weight excluding hydrogens is 443 g/mol. The molecule has 2 rings (SSSR count). The van der Waals surface area contributed by atoms with Crippen LogP contribution >= 0.6 is 11.3 Å². The Balaban J connectivity index is 2.05. The minimum atomic E-state index is -5.03. The molecule has 0 spiro atoms. The summed E-state index contributed by atoms with van der Waals surface area (Å²) in [5, 5.41) is 4.68. The molecular formula is C22H26F3N3O3S. The number of methoxy groups -OCH3 is 1. The van der Waals surface area contributed by atoms with Crippen molar-refractivity contribution in [1.29, 1.82) is 0 Å². The molecule has 0 aliphatic carbocycles. The molecule has 0 fully saturated rings. The van der Waals surface area contributed by atoms with Crippen LogP contribution in [0.15, 0.2) is 53.9 Å². The zero-order valence-electron chi connectivity index (χ0n) is 17.8. The molecule has 0 unspecified atom stereocenters. The van der Waals surface area contributed by atoms with Gasteiger partial charge in [-0.2, -0.15) is 13.2 Å². The summed E-state index contributed by atoms with van der Waals surface area (Å²) in [6, 6.07) is 8.28. The highest BCUT2D eigenvalue weighted by Gasteiger charge is 2.42. The molecule has 2 atom stereocenters. The van der Waals surface area contributed by atoms with Crippen molar-refractivity contribution in [3.05, 3.63) is 58.8 Å². The summed E-state index contributed by atoms with van der Waals surface area (Å²) in [6.07, 6.45) is -1.14. The number of hydrogen-bond donors (Lipinski definition) is 2. The van der Waals surface area contributed by atoms with Gasteiger partial charge < -0.3 is 20.7 Å². The number of alkyl halides is 3. The van der Waals surface area contributed by atoms with Gasteiger partial charge in [0, 0.05) is 29.6 Å². The van der Waals surface area contributed by atoms with Crippen molar-refractivity contribution in [2.75, 3.05) is 18.6 Å². The van der Waals surface area contributed by atoms with E-state index in [0.717, 1.165) is 4.88 Å². The molecule has 0 saturated heterocycles. The van der Waals surface area contributed by atoms with Crippen LogP contribution in [0.4, 0.5) is 18.9 Å². The number of thiophene rings is 1. The molecule has 174 valence electrons. The number of nitrogens with zero attached hydrogens (tertiary/aromatic N) is 1. The highest BCUT2D eigenvalue weighted by molar-refractivity contribution is 7.09. The predicted molar refractivity (Wildman–Crippen MR) is 119 cm³/mol. The van der Waals surface area contributed by atoms with E-state index < -0.39 is 24.2 Å². The Bertz CT molecular complexity index is 899. The highest BCUT2D eigenvalue weighted by atomic mass is 32.1. The van der Waals surface area contributed by atoms with E-state index in [2.05, 4.69) is 5.32 Å². The van der Waals surface area contributed by atoms with E-state index in [4.69, 9.17) is 10.5 Å². The molecule has 1 heterocycles. The van der Waals surface area contributed by atoms with Gasteiger partial charge >= 0.3 is 12.1 Å². The van der Waals surface area contributed by atoms with Crippen molar-refractivity contribution in [2.45, 2.75) is 38.0 Å². The van der Waals surface area contributed by atoms with E-state index in [9.17, 15) is 22.8 Å². The molecule has 1 aromatic carbocycles. The van der Waals surface area contributed by atoms with E-state index in [-0.39, 0.29) is 18.1 Å². The molecule has 10 heteroatoms. The fourth-order valence-corrected chi connectivity index (χ4v) is 3.63. The molecule has 0 aliphatic heterocycles. The van der Waals surface area contributed by atoms with Crippen LogP contribution in [0.5, 0.6) is 5.75 Å². The van der Waals surface area contributed by atoms with Crippen LogP contribution in [0.3, 0.4) is 0 Å². The van der Waals surface area contributed by atoms with Gasteiger partial charge in [0.15, 0.2) is 0 Å². The fourth-order valence-electron chi connectivity index (χ4n) is 2.87. The maximum absolute atomic E-state index is 13.1. The van der Waals surface area contributed by atoms with Crippen molar-refractivity contribution >= 4 is 28.8 Å². The number of nitrogens with two attached hydrogens (primary N) is 1. The first-order valence-electron chi connectivity index (χ1n) is 9.93. The van der Waals surface area contributed by atoms with E-state index in [1.807, 2.05) is 24.4 Å². The van der Waals surface area contributed by atoms with Crippen molar-refractivity contribution in [3.8, 4) is 5.75 Å². The van der Waals surface area contributed by atoms with E-state index >= 15 is 0 Å². The lowest BCUT2D eigenvalue weighted by atomic mass is 10.1. The van der Waals surface area contributed by atoms with E-state index in [1.165, 1.54) is 48.8 Å². The van der Waals surface area contributed by atoms with Crippen molar-refractivity contribution in [1.82, 2.24) is 5.32 Å². The second-order valence-corrected chi connectivity index (χ2v) is 7.99. The van der Waals surface area contributed by atoms with Crippen LogP contribution in [0.1, 0.15) is 18.2 Å². The Morgan fingerprint density at radius 1 is 1.25 bits per heavy atom.